The topological polar surface area (TPSA) is 72.3 Å². The van der Waals surface area contributed by atoms with E-state index in [2.05, 4.69) is 4.98 Å². The van der Waals surface area contributed by atoms with Crippen LogP contribution in [0, 0.1) is 0 Å². The van der Waals surface area contributed by atoms with Crippen LogP contribution in [0.1, 0.15) is 24.3 Å². The summed E-state index contributed by atoms with van der Waals surface area (Å²) in [7, 11) is -3.41. The maximum atomic E-state index is 12.9. The summed E-state index contributed by atoms with van der Waals surface area (Å²) in [6.45, 7) is 5.22. The Kier molecular flexibility index (Phi) is 3.97. The molecular formula is C16H19N3O3S. The second kappa shape index (κ2) is 5.81. The molecule has 6 nitrogen and oxygen atoms in total. The molecule has 0 aliphatic carbocycles. The lowest BCUT2D eigenvalue weighted by Crippen LogP contribution is -2.32. The van der Waals surface area contributed by atoms with E-state index in [0.717, 1.165) is 5.56 Å². The van der Waals surface area contributed by atoms with Crippen molar-refractivity contribution in [1.82, 2.24) is 14.5 Å². The van der Waals surface area contributed by atoms with Crippen LogP contribution < -0.4 is 0 Å². The number of hydrogen-bond donors (Lipinski definition) is 0. The third-order valence-corrected chi connectivity index (χ3v) is 5.68. The molecule has 1 aromatic heterocycles. The van der Waals surface area contributed by atoms with Crippen LogP contribution in [0.4, 0.5) is 0 Å². The highest BCUT2D eigenvalue weighted by molar-refractivity contribution is 7.91. The number of fused-ring (bicyclic) bond motifs is 1. The van der Waals surface area contributed by atoms with Crippen molar-refractivity contribution in [3.63, 3.8) is 0 Å². The van der Waals surface area contributed by atoms with Gasteiger partial charge < -0.3 is 9.47 Å². The average Bonchev–Trinajstić information content (AvgIpc) is 3.07. The van der Waals surface area contributed by atoms with Gasteiger partial charge in [-0.3, -0.25) is 4.79 Å². The lowest BCUT2D eigenvalue weighted by Gasteiger charge is -2.19. The Morgan fingerprint density at radius 3 is 2.48 bits per heavy atom. The zero-order valence-electron chi connectivity index (χ0n) is 13.2. The highest BCUT2D eigenvalue weighted by Crippen LogP contribution is 2.31. The number of sulfone groups is 1. The first-order valence-electron chi connectivity index (χ1n) is 7.67. The number of rotatable bonds is 4. The number of amides is 1. The maximum absolute atomic E-state index is 12.9. The monoisotopic (exact) mass is 333 g/mol. The van der Waals surface area contributed by atoms with Gasteiger partial charge in [0.05, 0.1) is 5.75 Å². The fraction of sp³-hybridized carbons (Fsp3) is 0.375. The molecule has 0 N–H and O–H groups in total. The van der Waals surface area contributed by atoms with E-state index in [0.29, 0.717) is 24.5 Å². The molecule has 3 rings (SSSR count). The average molecular weight is 333 g/mol. The molecule has 1 aliphatic heterocycles. The number of nitrogens with zero attached hydrogens (tertiary/aromatic N) is 3. The molecule has 2 heterocycles. The van der Waals surface area contributed by atoms with E-state index in [1.165, 1.54) is 0 Å². The number of hydrogen-bond acceptors (Lipinski definition) is 4. The third kappa shape index (κ3) is 2.55. The van der Waals surface area contributed by atoms with Gasteiger partial charge in [-0.05, 0) is 13.8 Å². The molecule has 0 atom stereocenters. The summed E-state index contributed by atoms with van der Waals surface area (Å²) in [5.74, 6) is -0.173. The molecule has 0 unspecified atom stereocenters. The Balaban J connectivity index is 2.23. The second-order valence-electron chi connectivity index (χ2n) is 5.41. The van der Waals surface area contributed by atoms with Crippen LogP contribution in [0.25, 0.3) is 11.3 Å². The van der Waals surface area contributed by atoms with Gasteiger partial charge in [0, 0.05) is 25.2 Å². The van der Waals surface area contributed by atoms with Gasteiger partial charge in [0.25, 0.3) is 5.91 Å². The predicted molar refractivity (Wildman–Crippen MR) is 87.0 cm³/mol. The minimum atomic E-state index is -3.41. The normalized spacial score (nSPS) is 15.4. The summed E-state index contributed by atoms with van der Waals surface area (Å²) in [5.41, 5.74) is 1.57. The largest absolute Gasteiger partial charge is 0.338 e. The lowest BCUT2D eigenvalue weighted by molar-refractivity contribution is 0.0762. The molecule has 7 heteroatoms. The molecular weight excluding hydrogens is 314 g/mol. The van der Waals surface area contributed by atoms with Gasteiger partial charge in [-0.15, -0.1) is 0 Å². The van der Waals surface area contributed by atoms with Crippen LogP contribution in [-0.4, -0.2) is 47.6 Å². The van der Waals surface area contributed by atoms with Gasteiger partial charge in [0.2, 0.25) is 15.0 Å². The van der Waals surface area contributed by atoms with Crippen LogP contribution >= 0.6 is 0 Å². The number of carbonyl (C=O) groups excluding carboxylic acids is 1. The number of imidazole rings is 1. The molecule has 0 radical (unpaired) electrons. The van der Waals surface area contributed by atoms with Crippen molar-refractivity contribution in [2.24, 2.45) is 0 Å². The fourth-order valence-electron chi connectivity index (χ4n) is 2.85. The summed E-state index contributed by atoms with van der Waals surface area (Å²) >= 11 is 0. The van der Waals surface area contributed by atoms with E-state index in [1.54, 1.807) is 9.47 Å². The van der Waals surface area contributed by atoms with Gasteiger partial charge in [0.15, 0.2) is 0 Å². The molecule has 1 aliphatic rings. The summed E-state index contributed by atoms with van der Waals surface area (Å²) < 4.78 is 25.9. The SMILES string of the molecule is CCN(CC)C(=O)c1c(-c2ccccc2)nc2n1CCS2(=O)=O. The Morgan fingerprint density at radius 2 is 1.87 bits per heavy atom. The lowest BCUT2D eigenvalue weighted by atomic mass is 10.1. The van der Waals surface area contributed by atoms with Crippen molar-refractivity contribution in [2.75, 3.05) is 18.8 Å². The van der Waals surface area contributed by atoms with Crippen LogP contribution in [0.5, 0.6) is 0 Å². The maximum Gasteiger partial charge on any atom is 0.272 e. The van der Waals surface area contributed by atoms with E-state index in [9.17, 15) is 13.2 Å². The molecule has 1 aromatic carbocycles. The molecule has 2 aromatic rings. The summed E-state index contributed by atoms with van der Waals surface area (Å²) in [6, 6.07) is 9.24. The minimum Gasteiger partial charge on any atom is -0.338 e. The molecule has 23 heavy (non-hydrogen) atoms. The van der Waals surface area contributed by atoms with Crippen LogP contribution in [-0.2, 0) is 16.4 Å². The van der Waals surface area contributed by atoms with Gasteiger partial charge in [-0.1, -0.05) is 30.3 Å². The first kappa shape index (κ1) is 15.7. The number of benzene rings is 1. The number of carbonyl (C=O) groups is 1. The molecule has 0 saturated heterocycles. The van der Waals surface area contributed by atoms with Crippen LogP contribution in [0.2, 0.25) is 0 Å². The zero-order chi connectivity index (χ0) is 16.6. The Hall–Kier alpha value is -2.15. The van der Waals surface area contributed by atoms with Crippen molar-refractivity contribution in [1.29, 1.82) is 0 Å². The van der Waals surface area contributed by atoms with Gasteiger partial charge in [0.1, 0.15) is 11.4 Å². The van der Waals surface area contributed by atoms with Gasteiger partial charge in [-0.25, -0.2) is 13.4 Å². The first-order valence-corrected chi connectivity index (χ1v) is 9.32. The molecule has 0 bridgehead atoms. The van der Waals surface area contributed by atoms with E-state index in [1.807, 2.05) is 44.2 Å². The van der Waals surface area contributed by atoms with Crippen molar-refractivity contribution >= 4 is 15.7 Å². The highest BCUT2D eigenvalue weighted by atomic mass is 32.2. The van der Waals surface area contributed by atoms with Crippen molar-refractivity contribution in [2.45, 2.75) is 25.5 Å². The summed E-state index contributed by atoms with van der Waals surface area (Å²) in [6.07, 6.45) is 0. The quantitative estimate of drug-likeness (QED) is 0.855. The van der Waals surface area contributed by atoms with Crippen LogP contribution in [0.15, 0.2) is 35.5 Å². The van der Waals surface area contributed by atoms with E-state index in [4.69, 9.17) is 0 Å². The highest BCUT2D eigenvalue weighted by Gasteiger charge is 2.36. The van der Waals surface area contributed by atoms with E-state index in [-0.39, 0.29) is 23.4 Å². The fourth-order valence-corrected chi connectivity index (χ4v) is 4.21. The molecule has 0 saturated carbocycles. The zero-order valence-corrected chi connectivity index (χ0v) is 14.0. The Labute approximate surface area is 135 Å². The second-order valence-corrected chi connectivity index (χ2v) is 7.41. The third-order valence-electron chi connectivity index (χ3n) is 4.09. The summed E-state index contributed by atoms with van der Waals surface area (Å²) in [5, 5.41) is 0.00635. The molecule has 122 valence electrons. The predicted octanol–water partition coefficient (Wildman–Crippen LogP) is 1.82. The van der Waals surface area contributed by atoms with E-state index >= 15 is 0 Å². The number of aromatic nitrogens is 2. The Morgan fingerprint density at radius 1 is 1.22 bits per heavy atom. The van der Waals surface area contributed by atoms with Crippen molar-refractivity contribution < 1.29 is 13.2 Å². The van der Waals surface area contributed by atoms with Crippen molar-refractivity contribution in [3.05, 3.63) is 36.0 Å². The van der Waals surface area contributed by atoms with Gasteiger partial charge in [-0.2, -0.15) is 0 Å². The summed E-state index contributed by atoms with van der Waals surface area (Å²) in [4.78, 5) is 18.9. The first-order chi connectivity index (χ1) is 11.0. The molecule has 0 spiro atoms. The van der Waals surface area contributed by atoms with Crippen molar-refractivity contribution in [3.8, 4) is 11.3 Å². The minimum absolute atomic E-state index is 0.00291. The Bertz CT molecular complexity index is 837. The standard InChI is InChI=1S/C16H19N3O3S/c1-3-18(4-2)15(20)14-13(12-8-6-5-7-9-12)17-16-19(14)10-11-23(16,21)22/h5-9H,3-4,10-11H2,1-2H3. The van der Waals surface area contributed by atoms with Crippen LogP contribution in [0.3, 0.4) is 0 Å². The molecule has 0 fully saturated rings. The molecule has 1 amide bonds. The smallest absolute Gasteiger partial charge is 0.272 e. The van der Waals surface area contributed by atoms with Gasteiger partial charge >= 0.3 is 0 Å². The van der Waals surface area contributed by atoms with E-state index < -0.39 is 9.84 Å².